The Kier molecular flexibility index (Phi) is 5.69. The zero-order valence-electron chi connectivity index (χ0n) is 18.2. The average molecular weight is 428 g/mol. The zero-order valence-corrected chi connectivity index (χ0v) is 18.2. The average Bonchev–Trinajstić information content (AvgIpc) is 3.22. The minimum atomic E-state index is -0.635. The number of hydrogen-bond donors (Lipinski definition) is 3. The van der Waals surface area contributed by atoms with E-state index >= 15 is 0 Å². The fourth-order valence-electron chi connectivity index (χ4n) is 3.37. The third-order valence-corrected chi connectivity index (χ3v) is 4.83. The largest absolute Gasteiger partial charge is 0.444 e. The van der Waals surface area contributed by atoms with Crippen molar-refractivity contribution in [1.82, 2.24) is 4.98 Å². The van der Waals surface area contributed by atoms with Crippen molar-refractivity contribution in [2.75, 3.05) is 10.6 Å². The molecule has 6 nitrogen and oxygen atoms in total. The van der Waals surface area contributed by atoms with Crippen LogP contribution in [0, 0.1) is 0 Å². The van der Waals surface area contributed by atoms with E-state index in [0.717, 1.165) is 22.0 Å². The lowest BCUT2D eigenvalue weighted by molar-refractivity contribution is 0.0635. The van der Waals surface area contributed by atoms with Crippen LogP contribution in [0.25, 0.3) is 22.0 Å². The molecular formula is C26H25N3O3. The van der Waals surface area contributed by atoms with E-state index < -0.39 is 11.7 Å². The molecule has 0 atom stereocenters. The first-order valence-corrected chi connectivity index (χ1v) is 10.4. The second-order valence-electron chi connectivity index (χ2n) is 8.49. The number of benzene rings is 3. The van der Waals surface area contributed by atoms with Crippen molar-refractivity contribution < 1.29 is 14.3 Å². The van der Waals surface area contributed by atoms with Crippen LogP contribution in [0.2, 0.25) is 0 Å². The third kappa shape index (κ3) is 4.98. The second kappa shape index (κ2) is 8.59. The predicted molar refractivity (Wildman–Crippen MR) is 128 cm³/mol. The summed E-state index contributed by atoms with van der Waals surface area (Å²) in [6.45, 7) is 5.39. The zero-order chi connectivity index (χ0) is 22.7. The van der Waals surface area contributed by atoms with Crippen LogP contribution >= 0.6 is 0 Å². The summed E-state index contributed by atoms with van der Waals surface area (Å²) in [6, 6.07) is 22.7. The molecule has 3 N–H and O–H groups in total. The highest BCUT2D eigenvalue weighted by Crippen LogP contribution is 2.30. The Morgan fingerprint density at radius 1 is 0.812 bits per heavy atom. The number of aromatic nitrogens is 1. The Bertz CT molecular complexity index is 1270. The van der Waals surface area contributed by atoms with Gasteiger partial charge >= 0.3 is 6.09 Å². The van der Waals surface area contributed by atoms with Crippen LogP contribution in [-0.2, 0) is 4.74 Å². The lowest BCUT2D eigenvalue weighted by atomic mass is 10.0. The number of nitrogens with one attached hydrogen (secondary N) is 3. The van der Waals surface area contributed by atoms with Gasteiger partial charge in [-0.05, 0) is 68.3 Å². The third-order valence-electron chi connectivity index (χ3n) is 4.83. The molecule has 4 aromatic rings. The van der Waals surface area contributed by atoms with Crippen molar-refractivity contribution in [2.45, 2.75) is 26.4 Å². The van der Waals surface area contributed by atoms with Crippen LogP contribution in [-0.4, -0.2) is 22.6 Å². The van der Waals surface area contributed by atoms with Gasteiger partial charge in [0.2, 0.25) is 0 Å². The summed E-state index contributed by atoms with van der Waals surface area (Å²) in [6.07, 6.45) is 1.24. The minimum Gasteiger partial charge on any atom is -0.444 e. The molecule has 2 amide bonds. The number of amides is 2. The van der Waals surface area contributed by atoms with Gasteiger partial charge in [-0.2, -0.15) is 0 Å². The number of ether oxygens (including phenoxy) is 1. The molecule has 0 aliphatic heterocycles. The van der Waals surface area contributed by atoms with E-state index in [2.05, 4.69) is 15.6 Å². The van der Waals surface area contributed by atoms with E-state index in [9.17, 15) is 9.59 Å². The maximum absolute atomic E-state index is 13.0. The van der Waals surface area contributed by atoms with E-state index in [0.29, 0.717) is 16.9 Å². The second-order valence-corrected chi connectivity index (χ2v) is 8.49. The Hall–Kier alpha value is -4.06. The van der Waals surface area contributed by atoms with Crippen molar-refractivity contribution in [3.8, 4) is 11.1 Å². The predicted octanol–water partition coefficient (Wildman–Crippen LogP) is 6.43. The molecule has 0 aliphatic carbocycles. The summed E-state index contributed by atoms with van der Waals surface area (Å²) < 4.78 is 5.37. The summed E-state index contributed by atoms with van der Waals surface area (Å²) in [4.78, 5) is 28.5. The molecular weight excluding hydrogens is 402 g/mol. The molecule has 32 heavy (non-hydrogen) atoms. The van der Waals surface area contributed by atoms with Gasteiger partial charge in [-0.25, -0.2) is 4.79 Å². The summed E-state index contributed by atoms with van der Waals surface area (Å²) >= 11 is 0. The smallest absolute Gasteiger partial charge is 0.412 e. The van der Waals surface area contributed by atoms with Crippen LogP contribution in [0.5, 0.6) is 0 Å². The fourth-order valence-corrected chi connectivity index (χ4v) is 3.37. The molecule has 4 rings (SSSR count). The standard InChI is InChI=1S/C26H25N3O3/c1-26(2,3)32-25(31)29-22-12-9-18(17-7-5-4-6-8-17)16-23(22)28-24(30)20-10-11-21-19(15-20)13-14-27-21/h4-16,27H,1-3H3,(H,28,30)(H,29,31). The van der Waals surface area contributed by atoms with Crippen molar-refractivity contribution in [3.63, 3.8) is 0 Å². The number of carbonyl (C=O) groups is 2. The monoisotopic (exact) mass is 427 g/mol. The van der Waals surface area contributed by atoms with Crippen molar-refractivity contribution in [2.24, 2.45) is 0 Å². The number of anilines is 2. The fraction of sp³-hybridized carbons (Fsp3) is 0.154. The highest BCUT2D eigenvalue weighted by molar-refractivity contribution is 6.08. The Morgan fingerprint density at radius 2 is 1.59 bits per heavy atom. The van der Waals surface area contributed by atoms with Gasteiger partial charge in [0.1, 0.15) is 5.60 Å². The molecule has 0 fully saturated rings. The van der Waals surface area contributed by atoms with E-state index in [4.69, 9.17) is 4.74 Å². The molecule has 0 aliphatic rings. The highest BCUT2D eigenvalue weighted by Gasteiger charge is 2.18. The van der Waals surface area contributed by atoms with Crippen molar-refractivity contribution in [3.05, 3.63) is 84.6 Å². The molecule has 3 aromatic carbocycles. The van der Waals surface area contributed by atoms with Gasteiger partial charge < -0.3 is 15.0 Å². The molecule has 0 unspecified atom stereocenters. The topological polar surface area (TPSA) is 83.2 Å². The molecule has 0 saturated carbocycles. The highest BCUT2D eigenvalue weighted by atomic mass is 16.6. The number of H-pyrrole nitrogens is 1. The van der Waals surface area contributed by atoms with Gasteiger partial charge in [-0.3, -0.25) is 10.1 Å². The number of carbonyl (C=O) groups excluding carboxylic acids is 2. The van der Waals surface area contributed by atoms with Gasteiger partial charge in [0, 0.05) is 22.7 Å². The lowest BCUT2D eigenvalue weighted by Crippen LogP contribution is -2.27. The van der Waals surface area contributed by atoms with Crippen molar-refractivity contribution in [1.29, 1.82) is 0 Å². The number of fused-ring (bicyclic) bond motifs is 1. The quantitative estimate of drug-likeness (QED) is 0.351. The number of hydrogen-bond acceptors (Lipinski definition) is 3. The van der Waals surface area contributed by atoms with E-state index in [1.807, 2.05) is 66.9 Å². The van der Waals surface area contributed by atoms with Gasteiger partial charge in [-0.15, -0.1) is 0 Å². The van der Waals surface area contributed by atoms with Crippen LogP contribution < -0.4 is 10.6 Å². The van der Waals surface area contributed by atoms with Gasteiger partial charge in [-0.1, -0.05) is 36.4 Å². The van der Waals surface area contributed by atoms with Gasteiger partial charge in [0.15, 0.2) is 0 Å². The van der Waals surface area contributed by atoms with Crippen LogP contribution in [0.4, 0.5) is 16.2 Å². The summed E-state index contributed by atoms with van der Waals surface area (Å²) in [5, 5.41) is 6.64. The molecule has 0 bridgehead atoms. The van der Waals surface area contributed by atoms with Crippen LogP contribution in [0.15, 0.2) is 79.0 Å². The van der Waals surface area contributed by atoms with E-state index in [-0.39, 0.29) is 5.91 Å². The summed E-state index contributed by atoms with van der Waals surface area (Å²) in [5.74, 6) is -0.273. The maximum Gasteiger partial charge on any atom is 0.412 e. The first kappa shape index (κ1) is 21.2. The first-order chi connectivity index (χ1) is 15.3. The first-order valence-electron chi connectivity index (χ1n) is 10.4. The maximum atomic E-state index is 13.0. The van der Waals surface area contributed by atoms with Gasteiger partial charge in [0.25, 0.3) is 5.91 Å². The molecule has 162 valence electrons. The molecule has 0 spiro atoms. The lowest BCUT2D eigenvalue weighted by Gasteiger charge is -2.21. The van der Waals surface area contributed by atoms with Crippen LogP contribution in [0.3, 0.4) is 0 Å². The summed E-state index contributed by atoms with van der Waals surface area (Å²) in [7, 11) is 0. The molecule has 1 aromatic heterocycles. The van der Waals surface area contributed by atoms with Crippen molar-refractivity contribution >= 4 is 34.3 Å². The molecule has 6 heteroatoms. The molecule has 0 saturated heterocycles. The van der Waals surface area contributed by atoms with Gasteiger partial charge in [0.05, 0.1) is 11.4 Å². The SMILES string of the molecule is CC(C)(C)OC(=O)Nc1ccc(-c2ccccc2)cc1NC(=O)c1ccc2[nH]ccc2c1. The van der Waals surface area contributed by atoms with Crippen LogP contribution in [0.1, 0.15) is 31.1 Å². The number of rotatable bonds is 4. The minimum absolute atomic E-state index is 0.273. The Morgan fingerprint density at radius 3 is 2.34 bits per heavy atom. The van der Waals surface area contributed by atoms with E-state index in [1.54, 1.807) is 32.9 Å². The normalized spacial score (nSPS) is 11.2. The van der Waals surface area contributed by atoms with E-state index in [1.165, 1.54) is 0 Å². The number of aromatic amines is 1. The summed E-state index contributed by atoms with van der Waals surface area (Å²) in [5.41, 5.74) is 3.69. The molecule has 0 radical (unpaired) electrons. The molecule has 1 heterocycles. The Balaban J connectivity index is 1.65. The Labute approximate surface area is 186 Å².